The Hall–Kier alpha value is -2.07. The van der Waals surface area contributed by atoms with E-state index in [0.29, 0.717) is 0 Å². The topological polar surface area (TPSA) is 81.5 Å². The van der Waals surface area contributed by atoms with E-state index in [1.54, 1.807) is 0 Å². The lowest BCUT2D eigenvalue weighted by molar-refractivity contribution is -0.384. The third-order valence-corrected chi connectivity index (χ3v) is 3.51. The molecule has 2 rings (SSSR count). The molecule has 1 amide bonds. The van der Waals surface area contributed by atoms with Crippen molar-refractivity contribution >= 4 is 46.0 Å². The van der Waals surface area contributed by atoms with Crippen LogP contribution in [0.4, 0.5) is 14.5 Å². The fraction of sp³-hybridized carbons (Fsp3) is 0.0909. The van der Waals surface area contributed by atoms with E-state index in [0.717, 1.165) is 30.0 Å². The minimum Gasteiger partial charge on any atom is -0.434 e. The van der Waals surface area contributed by atoms with Gasteiger partial charge in [-0.15, -0.1) is 0 Å². The summed E-state index contributed by atoms with van der Waals surface area (Å²) in [5, 5.41) is 13.1. The number of amides is 1. The Morgan fingerprint density at radius 1 is 1.48 bits per heavy atom. The van der Waals surface area contributed by atoms with Crippen molar-refractivity contribution in [2.75, 3.05) is 0 Å². The van der Waals surface area contributed by atoms with Gasteiger partial charge in [-0.2, -0.15) is 8.78 Å². The molecular weight excluding hydrogens is 326 g/mol. The van der Waals surface area contributed by atoms with Crippen molar-refractivity contribution in [1.29, 1.82) is 0 Å². The predicted molar refractivity (Wildman–Crippen MR) is 76.0 cm³/mol. The lowest BCUT2D eigenvalue weighted by Gasteiger charge is -2.08. The quantitative estimate of drug-likeness (QED) is 0.395. The molecule has 10 heteroatoms. The summed E-state index contributed by atoms with van der Waals surface area (Å²) < 4.78 is 29.2. The average molecular weight is 332 g/mol. The first kappa shape index (κ1) is 15.3. The highest BCUT2D eigenvalue weighted by atomic mass is 32.2. The van der Waals surface area contributed by atoms with Crippen LogP contribution in [0.1, 0.15) is 5.56 Å². The number of carbonyl (C=O) groups is 1. The number of nitro benzene ring substituents is 1. The zero-order chi connectivity index (χ0) is 15.6. The normalized spacial score (nSPS) is 16.4. The van der Waals surface area contributed by atoms with E-state index in [-0.39, 0.29) is 26.2 Å². The van der Waals surface area contributed by atoms with Gasteiger partial charge in [-0.3, -0.25) is 14.9 Å². The molecular formula is C11H6F2N2O4S2. The molecule has 0 atom stereocenters. The van der Waals surface area contributed by atoms with Gasteiger partial charge in [0.2, 0.25) is 0 Å². The van der Waals surface area contributed by atoms with Crippen molar-refractivity contribution in [3.8, 4) is 5.75 Å². The number of nitro groups is 1. The predicted octanol–water partition coefficient (Wildman–Crippen LogP) is 2.69. The second-order valence-corrected chi connectivity index (χ2v) is 5.43. The van der Waals surface area contributed by atoms with Crippen molar-refractivity contribution in [1.82, 2.24) is 5.32 Å². The largest absolute Gasteiger partial charge is 0.434 e. The summed E-state index contributed by atoms with van der Waals surface area (Å²) in [5.41, 5.74) is -0.318. The van der Waals surface area contributed by atoms with Crippen LogP contribution in [-0.4, -0.2) is 21.8 Å². The second-order valence-electron chi connectivity index (χ2n) is 3.71. The summed E-state index contributed by atoms with van der Waals surface area (Å²) in [6.07, 6.45) is 1.21. The van der Waals surface area contributed by atoms with Crippen LogP contribution in [0.25, 0.3) is 6.08 Å². The van der Waals surface area contributed by atoms with Crippen LogP contribution in [-0.2, 0) is 4.79 Å². The fourth-order valence-corrected chi connectivity index (χ4v) is 2.56. The van der Waals surface area contributed by atoms with E-state index in [4.69, 9.17) is 12.2 Å². The van der Waals surface area contributed by atoms with Gasteiger partial charge >= 0.3 is 6.61 Å². The van der Waals surface area contributed by atoms with E-state index < -0.39 is 17.4 Å². The number of carbonyl (C=O) groups excluding carboxylic acids is 1. The molecule has 110 valence electrons. The number of ether oxygens (including phenoxy) is 1. The molecule has 1 N–H and O–H groups in total. The first-order valence-electron chi connectivity index (χ1n) is 5.35. The number of alkyl halides is 2. The Balaban J connectivity index is 2.45. The first-order valence-corrected chi connectivity index (χ1v) is 6.57. The zero-order valence-corrected chi connectivity index (χ0v) is 11.7. The lowest BCUT2D eigenvalue weighted by atomic mass is 10.1. The summed E-state index contributed by atoms with van der Waals surface area (Å²) in [7, 11) is 0. The number of benzene rings is 1. The summed E-state index contributed by atoms with van der Waals surface area (Å²) in [6.45, 7) is -3.09. The third-order valence-electron chi connectivity index (χ3n) is 2.35. The minimum absolute atomic E-state index is 0.00755. The number of hydrogen-bond donors (Lipinski definition) is 1. The molecule has 0 saturated carbocycles. The van der Waals surface area contributed by atoms with Crippen molar-refractivity contribution in [3.63, 3.8) is 0 Å². The first-order chi connectivity index (χ1) is 9.86. The molecule has 0 unspecified atom stereocenters. The minimum atomic E-state index is -3.09. The monoisotopic (exact) mass is 332 g/mol. The summed E-state index contributed by atoms with van der Waals surface area (Å²) >= 11 is 5.72. The average Bonchev–Trinajstić information content (AvgIpc) is 2.69. The molecule has 1 fully saturated rings. The van der Waals surface area contributed by atoms with Crippen LogP contribution >= 0.6 is 24.0 Å². The Morgan fingerprint density at radius 3 is 2.71 bits per heavy atom. The lowest BCUT2D eigenvalue weighted by Crippen LogP contribution is -2.17. The highest BCUT2D eigenvalue weighted by Gasteiger charge is 2.23. The zero-order valence-electron chi connectivity index (χ0n) is 10.0. The molecule has 21 heavy (non-hydrogen) atoms. The highest BCUT2D eigenvalue weighted by Crippen LogP contribution is 2.32. The molecule has 1 saturated heterocycles. The van der Waals surface area contributed by atoms with Crippen LogP contribution in [0, 0.1) is 10.1 Å². The standard InChI is InChI=1S/C11H6F2N2O4S2/c12-10(13)19-7-2-1-6(15(17)18)3-5(7)4-8-9(16)14-11(20)21-8/h1-4,10H,(H,14,16,20). The van der Waals surface area contributed by atoms with Gasteiger partial charge in [0.1, 0.15) is 10.1 Å². The maximum Gasteiger partial charge on any atom is 0.387 e. The smallest absolute Gasteiger partial charge is 0.387 e. The molecule has 0 bridgehead atoms. The van der Waals surface area contributed by atoms with Gasteiger partial charge in [0.15, 0.2) is 0 Å². The summed E-state index contributed by atoms with van der Waals surface area (Å²) in [6, 6.07) is 3.12. The molecule has 1 aromatic carbocycles. The number of non-ortho nitro benzene ring substituents is 1. The van der Waals surface area contributed by atoms with Crippen molar-refractivity contribution in [3.05, 3.63) is 38.8 Å². The number of thioether (sulfide) groups is 1. The van der Waals surface area contributed by atoms with Gasteiger partial charge in [-0.25, -0.2) is 0 Å². The van der Waals surface area contributed by atoms with Crippen LogP contribution < -0.4 is 10.1 Å². The maximum atomic E-state index is 12.3. The maximum absolute atomic E-state index is 12.3. The molecule has 1 aliphatic rings. The number of nitrogens with zero attached hydrogens (tertiary/aromatic N) is 1. The van der Waals surface area contributed by atoms with Crippen LogP contribution in [0.2, 0.25) is 0 Å². The molecule has 6 nitrogen and oxygen atoms in total. The second kappa shape index (κ2) is 6.14. The van der Waals surface area contributed by atoms with Gasteiger partial charge < -0.3 is 10.1 Å². The molecule has 1 heterocycles. The molecule has 0 aliphatic carbocycles. The van der Waals surface area contributed by atoms with E-state index >= 15 is 0 Å². The van der Waals surface area contributed by atoms with Crippen LogP contribution in [0.5, 0.6) is 5.75 Å². The van der Waals surface area contributed by atoms with E-state index in [1.807, 2.05) is 0 Å². The number of rotatable bonds is 4. The van der Waals surface area contributed by atoms with Crippen LogP contribution in [0.15, 0.2) is 23.1 Å². The van der Waals surface area contributed by atoms with Gasteiger partial charge in [-0.05, 0) is 12.1 Å². The van der Waals surface area contributed by atoms with Gasteiger partial charge in [-0.1, -0.05) is 24.0 Å². The Morgan fingerprint density at radius 2 is 2.19 bits per heavy atom. The van der Waals surface area contributed by atoms with E-state index in [1.165, 1.54) is 6.08 Å². The van der Waals surface area contributed by atoms with Crippen molar-refractivity contribution in [2.45, 2.75) is 6.61 Å². The van der Waals surface area contributed by atoms with Crippen molar-refractivity contribution < 1.29 is 23.2 Å². The Bertz CT molecular complexity index is 664. The Labute approximate surface area is 126 Å². The molecule has 0 spiro atoms. The number of nitrogens with one attached hydrogen (secondary N) is 1. The molecule has 1 aromatic rings. The van der Waals surface area contributed by atoms with Gasteiger partial charge in [0.05, 0.1) is 9.83 Å². The van der Waals surface area contributed by atoms with E-state index in [9.17, 15) is 23.7 Å². The van der Waals surface area contributed by atoms with Gasteiger partial charge in [0, 0.05) is 17.7 Å². The Kier molecular flexibility index (Phi) is 4.48. The number of thiocarbonyl (C=S) groups is 1. The number of halogens is 2. The molecule has 0 aromatic heterocycles. The number of hydrogen-bond acceptors (Lipinski definition) is 6. The summed E-state index contributed by atoms with van der Waals surface area (Å²) in [4.78, 5) is 21.7. The SMILES string of the molecule is O=C1NC(=S)SC1=Cc1cc([N+](=O)[O-])ccc1OC(F)F. The van der Waals surface area contributed by atoms with Gasteiger partial charge in [0.25, 0.3) is 11.6 Å². The highest BCUT2D eigenvalue weighted by molar-refractivity contribution is 8.26. The van der Waals surface area contributed by atoms with Crippen molar-refractivity contribution in [2.24, 2.45) is 0 Å². The summed E-state index contributed by atoms with van der Waals surface area (Å²) in [5.74, 6) is -0.770. The fourth-order valence-electron chi connectivity index (χ4n) is 1.53. The molecule has 1 aliphatic heterocycles. The van der Waals surface area contributed by atoms with E-state index in [2.05, 4.69) is 10.1 Å². The third kappa shape index (κ3) is 3.73. The molecule has 0 radical (unpaired) electrons. The van der Waals surface area contributed by atoms with Crippen LogP contribution in [0.3, 0.4) is 0 Å².